The van der Waals surface area contributed by atoms with Crippen LogP contribution in [0.4, 0.5) is 14.5 Å². The van der Waals surface area contributed by atoms with E-state index in [1.54, 1.807) is 0 Å². The van der Waals surface area contributed by atoms with Crippen LogP contribution in [0.25, 0.3) is 0 Å². The van der Waals surface area contributed by atoms with Gasteiger partial charge in [-0.15, -0.1) is 0 Å². The molecule has 0 aromatic heterocycles. The van der Waals surface area contributed by atoms with Crippen LogP contribution in [0.2, 0.25) is 0 Å². The monoisotopic (exact) mass is 262 g/mol. The summed E-state index contributed by atoms with van der Waals surface area (Å²) in [5.41, 5.74) is 0.163. The highest BCUT2D eigenvalue weighted by Gasteiger charge is 2.18. The number of aliphatic imine (C=N–C) groups is 1. The third-order valence-electron chi connectivity index (χ3n) is 2.06. The summed E-state index contributed by atoms with van der Waals surface area (Å²) in [6.45, 7) is 0.108. The fraction of sp³-hybridized carbons (Fsp3) is 0.100. The van der Waals surface area contributed by atoms with E-state index < -0.39 is 11.6 Å². The lowest BCUT2D eigenvalue weighted by Gasteiger charge is -2.24. The molecule has 1 aliphatic rings. The van der Waals surface area contributed by atoms with Gasteiger partial charge in [-0.3, -0.25) is 4.99 Å². The van der Waals surface area contributed by atoms with Crippen LogP contribution in [-0.4, -0.2) is 11.8 Å². The van der Waals surface area contributed by atoms with Gasteiger partial charge in [-0.05, 0) is 12.1 Å². The summed E-state index contributed by atoms with van der Waals surface area (Å²) in [7, 11) is 0. The summed E-state index contributed by atoms with van der Waals surface area (Å²) in [4.78, 5) is 5.28. The minimum atomic E-state index is -0.695. The highest BCUT2D eigenvalue weighted by Crippen LogP contribution is 2.27. The maximum atomic E-state index is 13.5. The van der Waals surface area contributed by atoms with Crippen LogP contribution >= 0.6 is 23.2 Å². The molecular formula is C10H6Cl2F2N2. The molecule has 1 aromatic carbocycles. The molecule has 0 unspecified atom stereocenters. The fourth-order valence-electron chi connectivity index (χ4n) is 1.32. The summed E-state index contributed by atoms with van der Waals surface area (Å²) >= 11 is 11.5. The number of hydrogen-bond donors (Lipinski definition) is 0. The van der Waals surface area contributed by atoms with E-state index in [0.717, 1.165) is 12.1 Å². The van der Waals surface area contributed by atoms with Crippen LogP contribution in [-0.2, 0) is 0 Å². The highest BCUT2D eigenvalue weighted by atomic mass is 35.5. The Morgan fingerprint density at radius 3 is 2.62 bits per heavy atom. The first-order valence-electron chi connectivity index (χ1n) is 4.37. The van der Waals surface area contributed by atoms with Crippen molar-refractivity contribution in [1.82, 2.24) is 0 Å². The molecule has 0 amide bonds. The molecule has 1 aliphatic heterocycles. The van der Waals surface area contributed by atoms with Crippen molar-refractivity contribution in [2.75, 3.05) is 11.6 Å². The predicted octanol–water partition coefficient (Wildman–Crippen LogP) is 3.46. The van der Waals surface area contributed by atoms with Gasteiger partial charge in [0.2, 0.25) is 0 Å². The van der Waals surface area contributed by atoms with Gasteiger partial charge >= 0.3 is 0 Å². The normalized spacial score (nSPS) is 15.9. The second-order valence-corrected chi connectivity index (χ2v) is 3.89. The minimum absolute atomic E-state index is 0.108. The first-order chi connectivity index (χ1) is 7.58. The molecule has 0 aliphatic carbocycles. The number of hydrogen-bond acceptors (Lipinski definition) is 2. The minimum Gasteiger partial charge on any atom is -0.309 e. The maximum absolute atomic E-state index is 13.5. The van der Waals surface area contributed by atoms with Crippen molar-refractivity contribution in [2.45, 2.75) is 0 Å². The third-order valence-corrected chi connectivity index (χ3v) is 2.60. The van der Waals surface area contributed by atoms with Gasteiger partial charge < -0.3 is 4.90 Å². The fourth-order valence-corrected chi connectivity index (χ4v) is 1.78. The Morgan fingerprint density at radius 1 is 1.25 bits per heavy atom. The predicted molar refractivity (Wildman–Crippen MR) is 60.9 cm³/mol. The van der Waals surface area contributed by atoms with E-state index in [4.69, 9.17) is 23.2 Å². The Bertz CT molecular complexity index is 486. The molecule has 16 heavy (non-hydrogen) atoms. The molecule has 2 nitrogen and oxygen atoms in total. The van der Waals surface area contributed by atoms with Crippen molar-refractivity contribution >= 4 is 34.1 Å². The van der Waals surface area contributed by atoms with Gasteiger partial charge in [0.1, 0.15) is 28.6 Å². The summed E-state index contributed by atoms with van der Waals surface area (Å²) in [5, 5.41) is 0.495. The highest BCUT2D eigenvalue weighted by molar-refractivity contribution is 6.69. The Labute approximate surface area is 101 Å². The Morgan fingerprint density at radius 2 is 2.00 bits per heavy atom. The Kier molecular flexibility index (Phi) is 3.12. The first-order valence-corrected chi connectivity index (χ1v) is 5.13. The van der Waals surface area contributed by atoms with Crippen molar-refractivity contribution in [2.24, 2.45) is 4.99 Å². The van der Waals surface area contributed by atoms with E-state index in [1.165, 1.54) is 17.0 Å². The van der Waals surface area contributed by atoms with Gasteiger partial charge in [-0.2, -0.15) is 0 Å². The Balaban J connectivity index is 2.36. The average molecular weight is 263 g/mol. The molecule has 6 heteroatoms. The molecule has 0 fully saturated rings. The zero-order valence-corrected chi connectivity index (χ0v) is 9.43. The SMILES string of the molecule is Fc1ccc(N2CN=C(Cl)C=C2Cl)c(F)c1. The average Bonchev–Trinajstić information content (AvgIpc) is 2.19. The van der Waals surface area contributed by atoms with Gasteiger partial charge in [-0.1, -0.05) is 23.2 Å². The van der Waals surface area contributed by atoms with Gasteiger partial charge in [0.05, 0.1) is 5.69 Å². The van der Waals surface area contributed by atoms with E-state index in [1.807, 2.05) is 0 Å². The molecule has 0 atom stereocenters. The van der Waals surface area contributed by atoms with Gasteiger partial charge in [0.25, 0.3) is 0 Å². The molecule has 0 saturated heterocycles. The van der Waals surface area contributed by atoms with Crippen LogP contribution in [0, 0.1) is 11.6 Å². The van der Waals surface area contributed by atoms with Crippen molar-refractivity contribution in [3.05, 3.63) is 41.1 Å². The lowest BCUT2D eigenvalue weighted by molar-refractivity contribution is 0.582. The number of anilines is 1. The maximum Gasteiger partial charge on any atom is 0.149 e. The van der Waals surface area contributed by atoms with Gasteiger partial charge in [0.15, 0.2) is 0 Å². The van der Waals surface area contributed by atoms with E-state index in [-0.39, 0.29) is 22.7 Å². The standard InChI is InChI=1S/C10H6Cl2F2N2/c11-9-4-10(12)16(5-15-9)8-2-1-6(13)3-7(8)14/h1-4H,5H2. The van der Waals surface area contributed by atoms with E-state index >= 15 is 0 Å². The van der Waals surface area contributed by atoms with Crippen molar-refractivity contribution < 1.29 is 8.78 Å². The topological polar surface area (TPSA) is 15.6 Å². The number of rotatable bonds is 1. The van der Waals surface area contributed by atoms with E-state index in [0.29, 0.717) is 0 Å². The summed E-state index contributed by atoms with van der Waals surface area (Å²) in [6, 6.07) is 3.25. The summed E-state index contributed by atoms with van der Waals surface area (Å²) in [6.07, 6.45) is 1.40. The summed E-state index contributed by atoms with van der Waals surface area (Å²) in [5.74, 6) is -1.33. The lowest BCUT2D eigenvalue weighted by atomic mass is 10.2. The molecule has 84 valence electrons. The van der Waals surface area contributed by atoms with Gasteiger partial charge in [-0.25, -0.2) is 8.78 Å². The molecule has 0 saturated carbocycles. The Hall–Kier alpha value is -1.13. The molecule has 0 spiro atoms. The summed E-state index contributed by atoms with van der Waals surface area (Å²) < 4.78 is 26.2. The molecule has 0 N–H and O–H groups in total. The van der Waals surface area contributed by atoms with Crippen LogP contribution < -0.4 is 4.90 Å². The van der Waals surface area contributed by atoms with Crippen LogP contribution in [0.5, 0.6) is 0 Å². The number of halogens is 4. The third kappa shape index (κ3) is 2.18. The zero-order valence-electron chi connectivity index (χ0n) is 7.92. The quantitative estimate of drug-likeness (QED) is 0.708. The number of nitrogens with zero attached hydrogens (tertiary/aromatic N) is 2. The molecular weight excluding hydrogens is 257 g/mol. The van der Waals surface area contributed by atoms with Crippen LogP contribution in [0.1, 0.15) is 0 Å². The zero-order chi connectivity index (χ0) is 11.7. The largest absolute Gasteiger partial charge is 0.309 e. The molecule has 1 aromatic rings. The first kappa shape index (κ1) is 11.4. The van der Waals surface area contributed by atoms with E-state index in [9.17, 15) is 8.78 Å². The number of benzene rings is 1. The molecule has 0 bridgehead atoms. The lowest BCUT2D eigenvalue weighted by Crippen LogP contribution is -2.24. The van der Waals surface area contributed by atoms with Crippen molar-refractivity contribution in [3.63, 3.8) is 0 Å². The van der Waals surface area contributed by atoms with Gasteiger partial charge in [0, 0.05) is 12.1 Å². The molecule has 0 radical (unpaired) electrons. The van der Waals surface area contributed by atoms with Crippen LogP contribution in [0.15, 0.2) is 34.4 Å². The van der Waals surface area contributed by atoms with E-state index in [2.05, 4.69) is 4.99 Å². The molecule has 1 heterocycles. The van der Waals surface area contributed by atoms with Crippen molar-refractivity contribution in [3.8, 4) is 0 Å². The second-order valence-electron chi connectivity index (χ2n) is 3.11. The second kappa shape index (κ2) is 4.39. The molecule has 2 rings (SSSR count). The smallest absolute Gasteiger partial charge is 0.149 e. The number of allylic oxidation sites excluding steroid dienone is 1. The van der Waals surface area contributed by atoms with Crippen molar-refractivity contribution in [1.29, 1.82) is 0 Å². The van der Waals surface area contributed by atoms with Crippen LogP contribution in [0.3, 0.4) is 0 Å².